The van der Waals surface area contributed by atoms with Gasteiger partial charge in [0, 0.05) is 37.6 Å². The van der Waals surface area contributed by atoms with Crippen LogP contribution in [0.5, 0.6) is 5.75 Å². The zero-order valence-corrected chi connectivity index (χ0v) is 17.6. The van der Waals surface area contributed by atoms with Crippen LogP contribution in [0.2, 0.25) is 0 Å². The summed E-state index contributed by atoms with van der Waals surface area (Å²) in [5, 5.41) is 2.96. The molecule has 2 aromatic carbocycles. The number of nitrogens with one attached hydrogen (secondary N) is 1. The highest BCUT2D eigenvalue weighted by atomic mass is 16.5. The summed E-state index contributed by atoms with van der Waals surface area (Å²) in [4.78, 5) is 17.3. The van der Waals surface area contributed by atoms with Gasteiger partial charge in [-0.05, 0) is 81.8 Å². The lowest BCUT2D eigenvalue weighted by molar-refractivity contribution is -0.122. The molecule has 0 aromatic heterocycles. The fraction of sp³-hybridized carbons (Fsp3) is 0.435. The zero-order valence-electron chi connectivity index (χ0n) is 17.6. The molecule has 0 bridgehead atoms. The Labute approximate surface area is 168 Å². The van der Waals surface area contributed by atoms with Crippen molar-refractivity contribution < 1.29 is 9.53 Å². The molecule has 1 heterocycles. The van der Waals surface area contributed by atoms with Gasteiger partial charge in [0.05, 0.1) is 0 Å². The summed E-state index contributed by atoms with van der Waals surface area (Å²) < 4.78 is 5.94. The van der Waals surface area contributed by atoms with E-state index in [0.29, 0.717) is 0 Å². The molecule has 1 N–H and O–H groups in total. The number of piperazine rings is 1. The predicted molar refractivity (Wildman–Crippen MR) is 116 cm³/mol. The van der Waals surface area contributed by atoms with Gasteiger partial charge in [-0.3, -0.25) is 4.79 Å². The molecule has 150 valence electrons. The van der Waals surface area contributed by atoms with E-state index in [2.05, 4.69) is 47.3 Å². The van der Waals surface area contributed by atoms with Gasteiger partial charge in [-0.1, -0.05) is 6.07 Å². The first-order chi connectivity index (χ1) is 13.3. The van der Waals surface area contributed by atoms with Gasteiger partial charge in [-0.2, -0.15) is 0 Å². The number of nitrogens with zero attached hydrogens (tertiary/aromatic N) is 2. The van der Waals surface area contributed by atoms with E-state index < -0.39 is 6.10 Å². The molecule has 1 amide bonds. The van der Waals surface area contributed by atoms with Crippen molar-refractivity contribution in [2.75, 3.05) is 43.4 Å². The van der Waals surface area contributed by atoms with Crippen molar-refractivity contribution >= 4 is 17.3 Å². The quantitative estimate of drug-likeness (QED) is 0.856. The molecule has 1 aliphatic heterocycles. The Morgan fingerprint density at radius 2 is 1.68 bits per heavy atom. The van der Waals surface area contributed by atoms with Crippen molar-refractivity contribution in [2.45, 2.75) is 33.8 Å². The fourth-order valence-electron chi connectivity index (χ4n) is 3.43. The smallest absolute Gasteiger partial charge is 0.265 e. The van der Waals surface area contributed by atoms with E-state index in [-0.39, 0.29) is 5.91 Å². The molecule has 2 aromatic rings. The van der Waals surface area contributed by atoms with E-state index in [9.17, 15) is 4.79 Å². The second-order valence-corrected chi connectivity index (χ2v) is 7.79. The molecule has 5 heteroatoms. The number of amides is 1. The maximum Gasteiger partial charge on any atom is 0.265 e. The molecule has 0 radical (unpaired) electrons. The normalized spacial score (nSPS) is 16.0. The van der Waals surface area contributed by atoms with Crippen LogP contribution < -0.4 is 15.0 Å². The van der Waals surface area contributed by atoms with Gasteiger partial charge in [0.2, 0.25) is 0 Å². The lowest BCUT2D eigenvalue weighted by atomic mass is 10.1. The Kier molecular flexibility index (Phi) is 6.25. The van der Waals surface area contributed by atoms with Crippen molar-refractivity contribution in [1.29, 1.82) is 0 Å². The highest BCUT2D eigenvalue weighted by Crippen LogP contribution is 2.25. The predicted octanol–water partition coefficient (Wildman–Crippen LogP) is 3.77. The van der Waals surface area contributed by atoms with Crippen LogP contribution in [0, 0.1) is 20.8 Å². The topological polar surface area (TPSA) is 44.8 Å². The summed E-state index contributed by atoms with van der Waals surface area (Å²) >= 11 is 0. The first-order valence-electron chi connectivity index (χ1n) is 9.92. The minimum absolute atomic E-state index is 0.147. The maximum atomic E-state index is 12.6. The number of benzene rings is 2. The number of hydrogen-bond donors (Lipinski definition) is 1. The molecule has 0 aliphatic carbocycles. The SMILES string of the molecule is Cc1cc(C)c(C)c(O[C@@H](C)C(=O)Nc2ccc(N3CCN(C)CC3)cc2)c1. The number of likely N-dealkylation sites (N-methyl/N-ethyl adjacent to an activating group) is 1. The Morgan fingerprint density at radius 1 is 1.04 bits per heavy atom. The van der Waals surface area contributed by atoms with Crippen molar-refractivity contribution in [1.82, 2.24) is 4.90 Å². The number of anilines is 2. The number of carbonyl (C=O) groups is 1. The minimum atomic E-state index is -0.572. The van der Waals surface area contributed by atoms with Gasteiger partial charge in [-0.25, -0.2) is 0 Å². The van der Waals surface area contributed by atoms with E-state index in [1.807, 2.05) is 32.0 Å². The lowest BCUT2D eigenvalue weighted by Crippen LogP contribution is -2.44. The molecular formula is C23H31N3O2. The average molecular weight is 382 g/mol. The largest absolute Gasteiger partial charge is 0.481 e. The second-order valence-electron chi connectivity index (χ2n) is 7.79. The second kappa shape index (κ2) is 8.65. The van der Waals surface area contributed by atoms with Gasteiger partial charge in [0.15, 0.2) is 6.10 Å². The number of ether oxygens (including phenoxy) is 1. The third-order valence-electron chi connectivity index (χ3n) is 5.44. The first kappa shape index (κ1) is 20.2. The average Bonchev–Trinajstić information content (AvgIpc) is 2.67. The van der Waals surface area contributed by atoms with E-state index in [1.165, 1.54) is 11.3 Å². The van der Waals surface area contributed by atoms with E-state index in [4.69, 9.17) is 4.74 Å². The van der Waals surface area contributed by atoms with Crippen molar-refractivity contribution in [3.63, 3.8) is 0 Å². The van der Waals surface area contributed by atoms with Gasteiger partial charge >= 0.3 is 0 Å². The standard InChI is InChI=1S/C23H31N3O2/c1-16-14-17(2)18(3)22(15-16)28-19(4)23(27)24-20-6-8-21(9-7-20)26-12-10-25(5)11-13-26/h6-9,14-15,19H,10-13H2,1-5H3,(H,24,27)/t19-/m0/s1. The summed E-state index contributed by atoms with van der Waals surface area (Å²) in [7, 11) is 2.15. The van der Waals surface area contributed by atoms with Crippen molar-refractivity contribution in [3.05, 3.63) is 53.1 Å². The molecule has 1 atom stereocenters. The molecule has 0 unspecified atom stereocenters. The van der Waals surface area contributed by atoms with Crippen molar-refractivity contribution in [2.24, 2.45) is 0 Å². The van der Waals surface area contributed by atoms with Crippen LogP contribution in [0.1, 0.15) is 23.6 Å². The van der Waals surface area contributed by atoms with Crippen LogP contribution in [0.25, 0.3) is 0 Å². The molecular weight excluding hydrogens is 350 g/mol. The van der Waals surface area contributed by atoms with Crippen LogP contribution in [-0.2, 0) is 4.79 Å². The van der Waals surface area contributed by atoms with Gasteiger partial charge in [0.25, 0.3) is 5.91 Å². The Morgan fingerprint density at radius 3 is 2.32 bits per heavy atom. The molecule has 1 aliphatic rings. The van der Waals surface area contributed by atoms with Gasteiger partial charge in [-0.15, -0.1) is 0 Å². The molecule has 0 spiro atoms. The summed E-state index contributed by atoms with van der Waals surface area (Å²) in [6, 6.07) is 12.2. The van der Waals surface area contributed by atoms with Crippen LogP contribution in [0.15, 0.2) is 36.4 Å². The van der Waals surface area contributed by atoms with Crippen molar-refractivity contribution in [3.8, 4) is 5.75 Å². The molecule has 3 rings (SSSR count). The lowest BCUT2D eigenvalue weighted by Gasteiger charge is -2.34. The van der Waals surface area contributed by atoms with Crippen LogP contribution in [0.4, 0.5) is 11.4 Å². The highest BCUT2D eigenvalue weighted by Gasteiger charge is 2.18. The summed E-state index contributed by atoms with van der Waals surface area (Å²) in [6.07, 6.45) is -0.572. The Bertz CT molecular complexity index is 824. The molecule has 1 fully saturated rings. The minimum Gasteiger partial charge on any atom is -0.481 e. The van der Waals surface area contributed by atoms with Crippen LogP contribution in [-0.4, -0.2) is 50.1 Å². The fourth-order valence-corrected chi connectivity index (χ4v) is 3.43. The number of hydrogen-bond acceptors (Lipinski definition) is 4. The highest BCUT2D eigenvalue weighted by molar-refractivity contribution is 5.94. The van der Waals surface area contributed by atoms with E-state index in [0.717, 1.165) is 48.7 Å². The van der Waals surface area contributed by atoms with Crippen LogP contribution >= 0.6 is 0 Å². The van der Waals surface area contributed by atoms with Crippen LogP contribution in [0.3, 0.4) is 0 Å². The summed E-state index contributed by atoms with van der Waals surface area (Å²) in [5.74, 6) is 0.622. The number of carbonyl (C=O) groups excluding carboxylic acids is 1. The maximum absolute atomic E-state index is 12.6. The molecule has 28 heavy (non-hydrogen) atoms. The van der Waals surface area contributed by atoms with Gasteiger partial charge < -0.3 is 19.9 Å². The molecule has 1 saturated heterocycles. The summed E-state index contributed by atoms with van der Waals surface area (Å²) in [5.41, 5.74) is 5.35. The van der Waals surface area contributed by atoms with Gasteiger partial charge in [0.1, 0.15) is 5.75 Å². The number of aryl methyl sites for hydroxylation is 2. The van der Waals surface area contributed by atoms with E-state index in [1.54, 1.807) is 6.92 Å². The zero-order chi connectivity index (χ0) is 20.3. The third-order valence-corrected chi connectivity index (χ3v) is 5.44. The summed E-state index contributed by atoms with van der Waals surface area (Å²) in [6.45, 7) is 12.1. The Balaban J connectivity index is 1.60. The third kappa shape index (κ3) is 4.84. The molecule has 5 nitrogen and oxygen atoms in total. The van der Waals surface area contributed by atoms with E-state index >= 15 is 0 Å². The number of rotatable bonds is 5. The monoisotopic (exact) mass is 381 g/mol. The molecule has 0 saturated carbocycles. The first-order valence-corrected chi connectivity index (χ1v) is 9.92. The Hall–Kier alpha value is -2.53.